The summed E-state index contributed by atoms with van der Waals surface area (Å²) in [5, 5.41) is 8.17. The largest absolute Gasteiger partial charge is 0.493 e. The smallest absolute Gasteiger partial charge is 0.231 e. The van der Waals surface area contributed by atoms with Crippen molar-refractivity contribution in [2.24, 2.45) is 0 Å². The van der Waals surface area contributed by atoms with Crippen LogP contribution < -0.4 is 21.5 Å². The average Bonchev–Trinajstić information content (AvgIpc) is 3.11. The van der Waals surface area contributed by atoms with E-state index >= 15 is 0 Å². The van der Waals surface area contributed by atoms with Gasteiger partial charge in [-0.05, 0) is 44.5 Å². The molecule has 0 aliphatic heterocycles. The van der Waals surface area contributed by atoms with Crippen molar-refractivity contribution >= 4 is 34.3 Å². The number of anilines is 4. The van der Waals surface area contributed by atoms with E-state index in [1.807, 2.05) is 20.8 Å². The van der Waals surface area contributed by atoms with Crippen molar-refractivity contribution in [2.45, 2.75) is 26.8 Å². The molecule has 3 aromatic heterocycles. The fraction of sp³-hybridized carbons (Fsp3) is 0.238. The number of rotatable bonds is 5. The minimum atomic E-state index is -0.402. The van der Waals surface area contributed by atoms with E-state index in [-0.39, 0.29) is 29.3 Å². The first-order valence-corrected chi connectivity index (χ1v) is 9.67. The zero-order valence-electron chi connectivity index (χ0n) is 17.6. The van der Waals surface area contributed by atoms with Gasteiger partial charge in [0.25, 0.3) is 0 Å². The molecule has 4 rings (SSSR count). The molecule has 0 saturated heterocycles. The van der Waals surface area contributed by atoms with Gasteiger partial charge < -0.3 is 21.5 Å². The lowest BCUT2D eigenvalue weighted by atomic mass is 10.1. The molecule has 0 bridgehead atoms. The second-order valence-electron chi connectivity index (χ2n) is 7.44. The van der Waals surface area contributed by atoms with E-state index < -0.39 is 5.82 Å². The lowest BCUT2D eigenvalue weighted by Gasteiger charge is -2.10. The molecular formula is C21H23FN8O. The van der Waals surface area contributed by atoms with Crippen LogP contribution in [0.5, 0.6) is 5.75 Å². The summed E-state index contributed by atoms with van der Waals surface area (Å²) in [6.07, 6.45) is 1.59. The average molecular weight is 422 g/mol. The van der Waals surface area contributed by atoms with Gasteiger partial charge in [0.15, 0.2) is 17.2 Å². The Morgan fingerprint density at radius 1 is 1.13 bits per heavy atom. The number of fused-ring (bicyclic) bond motifs is 1. The number of benzene rings is 1. The summed E-state index contributed by atoms with van der Waals surface area (Å²) in [7, 11) is 1.52. The van der Waals surface area contributed by atoms with Gasteiger partial charge in [0.2, 0.25) is 5.95 Å². The fourth-order valence-corrected chi connectivity index (χ4v) is 3.27. The number of hydrogen-bond donors (Lipinski definition) is 3. The highest BCUT2D eigenvalue weighted by molar-refractivity contribution is 5.99. The Morgan fingerprint density at radius 2 is 1.90 bits per heavy atom. The van der Waals surface area contributed by atoms with Crippen LogP contribution in [0, 0.1) is 12.7 Å². The van der Waals surface area contributed by atoms with Crippen LogP contribution in [0.1, 0.15) is 25.5 Å². The number of aromatic nitrogens is 5. The van der Waals surface area contributed by atoms with Crippen LogP contribution in [-0.2, 0) is 0 Å². The number of nitrogens with two attached hydrogens (primary N) is 2. The molecule has 1 aromatic carbocycles. The van der Waals surface area contributed by atoms with E-state index in [0.29, 0.717) is 28.0 Å². The van der Waals surface area contributed by atoms with Gasteiger partial charge in [0.1, 0.15) is 17.3 Å². The topological polar surface area (TPSA) is 130 Å². The molecular weight excluding hydrogens is 399 g/mol. The second kappa shape index (κ2) is 7.71. The molecule has 0 saturated carbocycles. The quantitative estimate of drug-likeness (QED) is 0.442. The first kappa shape index (κ1) is 20.3. The Hall–Kier alpha value is -3.95. The molecule has 0 atom stereocenters. The second-order valence-corrected chi connectivity index (χ2v) is 7.44. The molecule has 10 heteroatoms. The SMILES string of the molecule is COc1cc(-c2nn(C(C)C)c3nc(Nc4ccc(C)cc4F)nc(N)c23)cnc1N. The molecule has 0 aliphatic carbocycles. The predicted molar refractivity (Wildman–Crippen MR) is 119 cm³/mol. The van der Waals surface area contributed by atoms with E-state index in [0.717, 1.165) is 5.56 Å². The summed E-state index contributed by atoms with van der Waals surface area (Å²) in [4.78, 5) is 13.1. The van der Waals surface area contributed by atoms with E-state index in [1.54, 1.807) is 29.1 Å². The van der Waals surface area contributed by atoms with Crippen LogP contribution in [0.3, 0.4) is 0 Å². The highest BCUT2D eigenvalue weighted by Crippen LogP contribution is 2.35. The molecule has 0 unspecified atom stereocenters. The molecule has 5 N–H and O–H groups in total. The standard InChI is InChI=1S/C21H23FN8O/c1-10(2)30-20-16(17(29-30)12-8-15(31-4)18(23)25-9-12)19(24)27-21(28-20)26-14-6-5-11(3)7-13(14)22/h5-10H,1-4H3,(H2,23,25)(H3,24,26,27,28). The van der Waals surface area contributed by atoms with Crippen molar-refractivity contribution in [2.75, 3.05) is 23.9 Å². The van der Waals surface area contributed by atoms with Gasteiger partial charge in [0, 0.05) is 17.8 Å². The van der Waals surface area contributed by atoms with Gasteiger partial charge in [-0.2, -0.15) is 15.1 Å². The van der Waals surface area contributed by atoms with Crippen LogP contribution in [0.15, 0.2) is 30.5 Å². The fourth-order valence-electron chi connectivity index (χ4n) is 3.27. The van der Waals surface area contributed by atoms with Crippen LogP contribution in [0.4, 0.5) is 27.7 Å². The summed E-state index contributed by atoms with van der Waals surface area (Å²) in [5.41, 5.74) is 15.0. The Balaban J connectivity index is 1.87. The van der Waals surface area contributed by atoms with Gasteiger partial charge in [-0.1, -0.05) is 6.07 Å². The number of ether oxygens (including phenoxy) is 1. The summed E-state index contributed by atoms with van der Waals surface area (Å²) in [5.74, 6) is 0.680. The van der Waals surface area contributed by atoms with Crippen molar-refractivity contribution in [3.8, 4) is 17.0 Å². The molecule has 0 amide bonds. The third kappa shape index (κ3) is 3.67. The third-order valence-corrected chi connectivity index (χ3v) is 4.81. The molecule has 9 nitrogen and oxygen atoms in total. The van der Waals surface area contributed by atoms with Crippen molar-refractivity contribution in [3.63, 3.8) is 0 Å². The molecule has 0 aliphatic rings. The number of halogens is 1. The highest BCUT2D eigenvalue weighted by Gasteiger charge is 2.21. The Morgan fingerprint density at radius 3 is 2.58 bits per heavy atom. The normalized spacial score (nSPS) is 11.3. The number of nitrogen functional groups attached to an aromatic ring is 2. The first-order chi connectivity index (χ1) is 14.8. The summed E-state index contributed by atoms with van der Waals surface area (Å²) >= 11 is 0. The van der Waals surface area contributed by atoms with Crippen LogP contribution in [-0.4, -0.2) is 31.8 Å². The molecule has 3 heterocycles. The van der Waals surface area contributed by atoms with Gasteiger partial charge in [0.05, 0.1) is 18.2 Å². The monoisotopic (exact) mass is 422 g/mol. The van der Waals surface area contributed by atoms with E-state index in [2.05, 4.69) is 20.3 Å². The lowest BCUT2D eigenvalue weighted by Crippen LogP contribution is -2.07. The van der Waals surface area contributed by atoms with Crippen molar-refractivity contribution in [3.05, 3.63) is 41.8 Å². The number of hydrogen-bond acceptors (Lipinski definition) is 8. The van der Waals surface area contributed by atoms with Crippen LogP contribution >= 0.6 is 0 Å². The highest BCUT2D eigenvalue weighted by atomic mass is 19.1. The maximum atomic E-state index is 14.3. The Bertz CT molecular complexity index is 1280. The molecule has 0 spiro atoms. The predicted octanol–water partition coefficient (Wildman–Crippen LogP) is 3.83. The Labute approximate surface area is 178 Å². The van der Waals surface area contributed by atoms with Gasteiger partial charge in [-0.25, -0.2) is 14.1 Å². The summed E-state index contributed by atoms with van der Waals surface area (Å²) in [6, 6.07) is 6.58. The van der Waals surface area contributed by atoms with E-state index in [4.69, 9.17) is 21.3 Å². The number of nitrogens with zero attached hydrogens (tertiary/aromatic N) is 5. The Kier molecular flexibility index (Phi) is 5.05. The maximum Gasteiger partial charge on any atom is 0.231 e. The molecule has 4 aromatic rings. The zero-order valence-corrected chi connectivity index (χ0v) is 17.6. The summed E-state index contributed by atoms with van der Waals surface area (Å²) < 4.78 is 21.3. The van der Waals surface area contributed by atoms with Crippen molar-refractivity contribution in [1.29, 1.82) is 0 Å². The van der Waals surface area contributed by atoms with Crippen LogP contribution in [0.2, 0.25) is 0 Å². The van der Waals surface area contributed by atoms with Gasteiger partial charge >= 0.3 is 0 Å². The molecule has 31 heavy (non-hydrogen) atoms. The number of aryl methyl sites for hydroxylation is 1. The zero-order chi connectivity index (χ0) is 22.3. The van der Waals surface area contributed by atoms with E-state index in [1.165, 1.54) is 13.2 Å². The molecule has 0 radical (unpaired) electrons. The summed E-state index contributed by atoms with van der Waals surface area (Å²) in [6.45, 7) is 5.77. The number of nitrogens with one attached hydrogen (secondary N) is 1. The molecule has 0 fully saturated rings. The van der Waals surface area contributed by atoms with Crippen molar-refractivity contribution in [1.82, 2.24) is 24.7 Å². The van der Waals surface area contributed by atoms with Crippen LogP contribution in [0.25, 0.3) is 22.3 Å². The minimum Gasteiger partial charge on any atom is -0.493 e. The van der Waals surface area contributed by atoms with Crippen molar-refractivity contribution < 1.29 is 9.13 Å². The molecule has 160 valence electrons. The van der Waals surface area contributed by atoms with Gasteiger partial charge in [-0.3, -0.25) is 0 Å². The van der Waals surface area contributed by atoms with Gasteiger partial charge in [-0.15, -0.1) is 0 Å². The number of methoxy groups -OCH3 is 1. The minimum absolute atomic E-state index is 0.0156. The first-order valence-electron chi connectivity index (χ1n) is 9.67. The third-order valence-electron chi connectivity index (χ3n) is 4.81. The lowest BCUT2D eigenvalue weighted by molar-refractivity contribution is 0.415. The van der Waals surface area contributed by atoms with E-state index in [9.17, 15) is 4.39 Å². The number of pyridine rings is 1. The maximum absolute atomic E-state index is 14.3.